The highest BCUT2D eigenvalue weighted by molar-refractivity contribution is 6.18. The van der Waals surface area contributed by atoms with Crippen molar-refractivity contribution in [3.05, 3.63) is 78.2 Å². The van der Waals surface area contributed by atoms with Gasteiger partial charge >= 0.3 is 0 Å². The molecule has 0 aliphatic carbocycles. The molecule has 4 heterocycles. The van der Waals surface area contributed by atoms with Gasteiger partial charge in [-0.2, -0.15) is 0 Å². The zero-order valence-corrected chi connectivity index (χ0v) is 19.5. The molecule has 2 aromatic heterocycles. The van der Waals surface area contributed by atoms with Crippen LogP contribution in [0.25, 0.3) is 11.0 Å². The van der Waals surface area contributed by atoms with E-state index >= 15 is 0 Å². The maximum Gasteiger partial charge on any atom is 0.254 e. The van der Waals surface area contributed by atoms with Gasteiger partial charge in [0.05, 0.1) is 17.6 Å². The van der Waals surface area contributed by atoms with Crippen LogP contribution in [0.3, 0.4) is 0 Å². The van der Waals surface area contributed by atoms with Gasteiger partial charge in [-0.05, 0) is 49.2 Å². The topological polar surface area (TPSA) is 113 Å². The lowest BCUT2D eigenvalue weighted by Gasteiger charge is -2.24. The first-order chi connectivity index (χ1) is 17.7. The fraction of sp³-hybridized carbons (Fsp3) is 0.259. The quantitative estimate of drug-likeness (QED) is 0.290. The number of aromatic amines is 1. The summed E-state index contributed by atoms with van der Waals surface area (Å²) >= 11 is 0. The van der Waals surface area contributed by atoms with Crippen molar-refractivity contribution in [3.8, 4) is 11.5 Å². The summed E-state index contributed by atoms with van der Waals surface area (Å²) in [5.41, 5.74) is 1.59. The number of carbonyl (C=O) groups excluding carboxylic acids is 2. The van der Waals surface area contributed by atoms with Crippen LogP contribution in [0.15, 0.2) is 67.1 Å². The van der Waals surface area contributed by atoms with E-state index in [1.54, 1.807) is 30.5 Å². The largest absolute Gasteiger partial charge is 0.457 e. The van der Waals surface area contributed by atoms with Gasteiger partial charge in [0.25, 0.3) is 5.91 Å². The van der Waals surface area contributed by atoms with Crippen molar-refractivity contribution in [1.82, 2.24) is 19.9 Å². The van der Waals surface area contributed by atoms with Crippen molar-refractivity contribution in [1.29, 1.82) is 0 Å². The molecule has 0 saturated carbocycles. The van der Waals surface area contributed by atoms with Crippen LogP contribution in [-0.4, -0.2) is 63.4 Å². The molecule has 2 atom stereocenters. The maximum absolute atomic E-state index is 13.4. The van der Waals surface area contributed by atoms with E-state index in [9.17, 15) is 9.59 Å². The van der Waals surface area contributed by atoms with E-state index in [2.05, 4.69) is 20.3 Å². The van der Waals surface area contributed by atoms with Crippen LogP contribution in [0.1, 0.15) is 28.8 Å². The average Bonchev–Trinajstić information content (AvgIpc) is 3.50. The molecule has 4 aromatic rings. The zero-order chi connectivity index (χ0) is 24.5. The summed E-state index contributed by atoms with van der Waals surface area (Å²) in [5.74, 6) is 1.86. The Kier molecular flexibility index (Phi) is 5.82. The third kappa shape index (κ3) is 4.40. The van der Waals surface area contributed by atoms with Crippen molar-refractivity contribution in [3.63, 3.8) is 0 Å². The first kappa shape index (κ1) is 22.2. The average molecular weight is 484 g/mol. The molecular weight excluding hydrogens is 458 g/mol. The SMILES string of the molecule is O=C(c1ccc(Oc2ccccc2)cc1)c1c[nH]c2ncnc(NCC3CCCN3C(=O)C3CO3)c12. The van der Waals surface area contributed by atoms with Crippen LogP contribution < -0.4 is 10.1 Å². The number of para-hydroxylation sites is 1. The van der Waals surface area contributed by atoms with Crippen LogP contribution in [0, 0.1) is 0 Å². The van der Waals surface area contributed by atoms with E-state index in [1.165, 1.54) is 6.33 Å². The van der Waals surface area contributed by atoms with Crippen LogP contribution in [0.4, 0.5) is 5.82 Å². The molecule has 0 spiro atoms. The molecule has 2 aromatic carbocycles. The number of ketones is 1. The minimum atomic E-state index is -0.283. The molecule has 2 unspecified atom stereocenters. The van der Waals surface area contributed by atoms with Crippen LogP contribution in [0.5, 0.6) is 11.5 Å². The lowest BCUT2D eigenvalue weighted by molar-refractivity contribution is -0.133. The number of benzene rings is 2. The number of nitrogens with one attached hydrogen (secondary N) is 2. The van der Waals surface area contributed by atoms with Gasteiger partial charge in [0.15, 0.2) is 11.9 Å². The Hall–Kier alpha value is -4.24. The molecule has 182 valence electrons. The summed E-state index contributed by atoms with van der Waals surface area (Å²) in [4.78, 5) is 39.6. The Bertz CT molecular complexity index is 1400. The Labute approximate surface area is 207 Å². The number of likely N-dealkylation sites (tertiary alicyclic amines) is 1. The molecule has 2 saturated heterocycles. The summed E-state index contributed by atoms with van der Waals surface area (Å²) in [7, 11) is 0. The first-order valence-electron chi connectivity index (χ1n) is 12.0. The van der Waals surface area contributed by atoms with Crippen molar-refractivity contribution in [2.45, 2.75) is 25.0 Å². The number of aromatic nitrogens is 3. The van der Waals surface area contributed by atoms with Crippen LogP contribution >= 0.6 is 0 Å². The normalized spacial score (nSPS) is 18.8. The lowest BCUT2D eigenvalue weighted by Crippen LogP contribution is -2.41. The van der Waals surface area contributed by atoms with E-state index in [1.807, 2.05) is 35.2 Å². The molecule has 9 nitrogen and oxygen atoms in total. The molecule has 2 aliphatic rings. The van der Waals surface area contributed by atoms with Gasteiger partial charge in [-0.3, -0.25) is 9.59 Å². The second kappa shape index (κ2) is 9.43. The molecule has 1 amide bonds. The summed E-state index contributed by atoms with van der Waals surface area (Å²) in [5, 5.41) is 4.00. The Morgan fingerprint density at radius 2 is 1.86 bits per heavy atom. The number of ether oxygens (including phenoxy) is 2. The fourth-order valence-electron chi connectivity index (χ4n) is 4.66. The number of amides is 1. The Morgan fingerprint density at radius 3 is 2.64 bits per heavy atom. The number of nitrogens with zero attached hydrogens (tertiary/aromatic N) is 3. The molecule has 0 radical (unpaired) electrons. The Balaban J connectivity index is 1.20. The summed E-state index contributed by atoms with van der Waals surface area (Å²) < 4.78 is 11.0. The molecule has 2 N–H and O–H groups in total. The standard InChI is InChI=1S/C27H25N5O4/c33-24(17-8-10-20(11-9-17)36-19-6-2-1-3-7-19)21-14-29-26-23(21)25(30-16-31-26)28-13-18-5-4-12-32(18)27(34)22-15-35-22/h1-3,6-11,14,16,18,22H,4-5,12-13,15H2,(H2,28,29,30,31). The third-order valence-corrected chi connectivity index (χ3v) is 6.58. The van der Waals surface area contributed by atoms with Gasteiger partial charge in [-0.1, -0.05) is 18.2 Å². The fourth-order valence-corrected chi connectivity index (χ4v) is 4.66. The number of fused-ring (bicyclic) bond motifs is 1. The van der Waals surface area contributed by atoms with E-state index in [0.717, 1.165) is 25.1 Å². The first-order valence-corrected chi connectivity index (χ1v) is 12.0. The van der Waals surface area contributed by atoms with Gasteiger partial charge < -0.3 is 24.7 Å². The van der Waals surface area contributed by atoms with E-state index in [0.29, 0.717) is 46.9 Å². The number of anilines is 1. The minimum absolute atomic E-state index is 0.0574. The van der Waals surface area contributed by atoms with Gasteiger partial charge in [-0.15, -0.1) is 0 Å². The number of H-pyrrole nitrogens is 1. The molecule has 2 fully saturated rings. The zero-order valence-electron chi connectivity index (χ0n) is 19.5. The van der Waals surface area contributed by atoms with E-state index < -0.39 is 0 Å². The van der Waals surface area contributed by atoms with Gasteiger partial charge in [-0.25, -0.2) is 9.97 Å². The second-order valence-electron chi connectivity index (χ2n) is 8.95. The number of hydrogen-bond acceptors (Lipinski definition) is 7. The van der Waals surface area contributed by atoms with Gasteiger partial charge in [0.2, 0.25) is 0 Å². The van der Waals surface area contributed by atoms with Crippen LogP contribution in [0.2, 0.25) is 0 Å². The van der Waals surface area contributed by atoms with Crippen LogP contribution in [-0.2, 0) is 9.53 Å². The predicted octanol–water partition coefficient (Wildman–Crippen LogP) is 3.78. The molecule has 0 bridgehead atoms. The predicted molar refractivity (Wildman–Crippen MR) is 133 cm³/mol. The van der Waals surface area contributed by atoms with Crippen molar-refractivity contribution in [2.75, 3.05) is 25.0 Å². The minimum Gasteiger partial charge on any atom is -0.457 e. The second-order valence-corrected chi connectivity index (χ2v) is 8.95. The Morgan fingerprint density at radius 1 is 1.08 bits per heavy atom. The lowest BCUT2D eigenvalue weighted by atomic mass is 10.0. The van der Waals surface area contributed by atoms with Crippen molar-refractivity contribution in [2.24, 2.45) is 0 Å². The monoisotopic (exact) mass is 483 g/mol. The molecule has 6 rings (SSSR count). The van der Waals surface area contributed by atoms with Gasteiger partial charge in [0, 0.05) is 30.9 Å². The van der Waals surface area contributed by atoms with E-state index in [-0.39, 0.29) is 23.8 Å². The summed E-state index contributed by atoms with van der Waals surface area (Å²) in [6.07, 6.45) is 4.71. The molecule has 9 heteroatoms. The maximum atomic E-state index is 13.4. The molecular formula is C27H25N5O4. The van der Waals surface area contributed by atoms with Gasteiger partial charge in [0.1, 0.15) is 29.3 Å². The molecule has 2 aliphatic heterocycles. The number of epoxide rings is 1. The highest BCUT2D eigenvalue weighted by Gasteiger charge is 2.39. The highest BCUT2D eigenvalue weighted by atomic mass is 16.6. The summed E-state index contributed by atoms with van der Waals surface area (Å²) in [6, 6.07) is 16.6. The number of rotatable bonds is 8. The smallest absolute Gasteiger partial charge is 0.254 e. The molecule has 36 heavy (non-hydrogen) atoms. The number of hydrogen-bond donors (Lipinski definition) is 2. The van der Waals surface area contributed by atoms with Crippen molar-refractivity contribution >= 4 is 28.5 Å². The summed E-state index contributed by atoms with van der Waals surface area (Å²) in [6.45, 7) is 1.78. The third-order valence-electron chi connectivity index (χ3n) is 6.58. The number of carbonyl (C=O) groups is 2. The van der Waals surface area contributed by atoms with E-state index in [4.69, 9.17) is 9.47 Å². The highest BCUT2D eigenvalue weighted by Crippen LogP contribution is 2.28. The van der Waals surface area contributed by atoms with Crippen molar-refractivity contribution < 1.29 is 19.1 Å².